The van der Waals surface area contributed by atoms with Crippen LogP contribution in [0.2, 0.25) is 0 Å². The molecule has 7 nitrogen and oxygen atoms in total. The molecule has 3 rings (SSSR count). The molecule has 0 radical (unpaired) electrons. The smallest absolute Gasteiger partial charge is 0.337 e. The topological polar surface area (TPSA) is 95.9 Å². The van der Waals surface area contributed by atoms with Gasteiger partial charge in [-0.15, -0.1) is 0 Å². The molecular weight excluding hydrogens is 412 g/mol. The summed E-state index contributed by atoms with van der Waals surface area (Å²) in [7, 11) is 1.57. The molecule has 0 aromatic heterocycles. The van der Waals surface area contributed by atoms with Gasteiger partial charge in [-0.3, -0.25) is 14.5 Å². The zero-order valence-electron chi connectivity index (χ0n) is 15.2. The average Bonchev–Trinajstić information content (AvgIpc) is 2.96. The van der Waals surface area contributed by atoms with Gasteiger partial charge in [-0.1, -0.05) is 48.2 Å². The van der Waals surface area contributed by atoms with Gasteiger partial charge >= 0.3 is 5.97 Å². The summed E-state index contributed by atoms with van der Waals surface area (Å²) >= 11 is 6.34. The van der Waals surface area contributed by atoms with Gasteiger partial charge in [-0.05, 0) is 35.9 Å². The molecule has 29 heavy (non-hydrogen) atoms. The van der Waals surface area contributed by atoms with Crippen LogP contribution < -0.4 is 10.1 Å². The maximum Gasteiger partial charge on any atom is 0.337 e. The zero-order chi connectivity index (χ0) is 21.0. The number of thiocarbonyl (C=S) groups is 1. The van der Waals surface area contributed by atoms with Crippen molar-refractivity contribution in [3.8, 4) is 5.75 Å². The summed E-state index contributed by atoms with van der Waals surface area (Å²) in [4.78, 5) is 37.9. The molecule has 0 atom stereocenters. The monoisotopic (exact) mass is 428 g/mol. The predicted octanol–water partition coefficient (Wildman–Crippen LogP) is 3.23. The quantitative estimate of drug-likeness (QED) is 0.539. The Balaban J connectivity index is 1.70. The van der Waals surface area contributed by atoms with Gasteiger partial charge < -0.3 is 15.2 Å². The number of aromatic carboxylic acids is 1. The number of ether oxygens (including phenoxy) is 1. The second-order valence-electron chi connectivity index (χ2n) is 5.94. The molecular formula is C20H16N2O5S2. The number of anilines is 1. The molecule has 0 bridgehead atoms. The summed E-state index contributed by atoms with van der Waals surface area (Å²) < 4.78 is 5.37. The molecule has 9 heteroatoms. The Morgan fingerprint density at radius 1 is 1.21 bits per heavy atom. The number of hydrogen-bond donors (Lipinski definition) is 2. The van der Waals surface area contributed by atoms with Gasteiger partial charge in [0.05, 0.1) is 23.3 Å². The fourth-order valence-corrected chi connectivity index (χ4v) is 3.85. The number of carboxylic acid groups (broad SMARTS) is 1. The summed E-state index contributed by atoms with van der Waals surface area (Å²) in [6.45, 7) is -0.307. The molecule has 1 fully saturated rings. The molecule has 1 aliphatic rings. The molecule has 1 aliphatic heterocycles. The number of rotatable bonds is 6. The molecule has 0 unspecified atom stereocenters. The Kier molecular flexibility index (Phi) is 6.30. The zero-order valence-corrected chi connectivity index (χ0v) is 16.9. The Bertz CT molecular complexity index is 1020. The first-order chi connectivity index (χ1) is 13.9. The molecule has 2 aromatic carbocycles. The van der Waals surface area contributed by atoms with Crippen LogP contribution >= 0.6 is 24.0 Å². The Morgan fingerprint density at radius 3 is 2.55 bits per heavy atom. The average molecular weight is 428 g/mol. The van der Waals surface area contributed by atoms with Crippen molar-refractivity contribution in [2.24, 2.45) is 0 Å². The summed E-state index contributed by atoms with van der Waals surface area (Å²) in [6, 6.07) is 13.2. The number of carboxylic acids is 1. The van der Waals surface area contributed by atoms with E-state index >= 15 is 0 Å². The van der Waals surface area contributed by atoms with Crippen LogP contribution in [0.25, 0.3) is 6.08 Å². The first-order valence-electron chi connectivity index (χ1n) is 8.40. The Labute approximate surface area is 176 Å². The molecule has 1 saturated heterocycles. The van der Waals surface area contributed by atoms with E-state index in [0.717, 1.165) is 17.3 Å². The highest BCUT2D eigenvalue weighted by Gasteiger charge is 2.33. The number of amides is 2. The van der Waals surface area contributed by atoms with Crippen molar-refractivity contribution < 1.29 is 24.2 Å². The van der Waals surface area contributed by atoms with Crippen LogP contribution in [0.3, 0.4) is 0 Å². The minimum absolute atomic E-state index is 0.0364. The largest absolute Gasteiger partial charge is 0.497 e. The van der Waals surface area contributed by atoms with E-state index in [0.29, 0.717) is 10.7 Å². The number of carbonyl (C=O) groups is 3. The fraction of sp³-hybridized carbons (Fsp3) is 0.100. The Hall–Kier alpha value is -3.17. The number of benzene rings is 2. The summed E-state index contributed by atoms with van der Waals surface area (Å²) in [5.74, 6) is -1.37. The van der Waals surface area contributed by atoms with Crippen LogP contribution in [0, 0.1) is 0 Å². The highest BCUT2D eigenvalue weighted by atomic mass is 32.2. The third-order valence-corrected chi connectivity index (χ3v) is 5.40. The fourth-order valence-electron chi connectivity index (χ4n) is 2.60. The van der Waals surface area contributed by atoms with Gasteiger partial charge in [0.1, 0.15) is 16.6 Å². The second-order valence-corrected chi connectivity index (χ2v) is 7.62. The Morgan fingerprint density at radius 2 is 1.90 bits per heavy atom. The lowest BCUT2D eigenvalue weighted by atomic mass is 10.2. The lowest BCUT2D eigenvalue weighted by Crippen LogP contribution is -2.36. The van der Waals surface area contributed by atoms with Crippen LogP contribution in [-0.2, 0) is 9.59 Å². The van der Waals surface area contributed by atoms with Gasteiger partial charge in [0.2, 0.25) is 5.91 Å². The van der Waals surface area contributed by atoms with Crippen molar-refractivity contribution in [2.75, 3.05) is 19.0 Å². The number of nitrogens with zero attached hydrogens (tertiary/aromatic N) is 1. The first-order valence-corrected chi connectivity index (χ1v) is 9.63. The normalized spacial score (nSPS) is 14.9. The van der Waals surface area contributed by atoms with Crippen molar-refractivity contribution in [1.29, 1.82) is 0 Å². The molecule has 2 amide bonds. The van der Waals surface area contributed by atoms with Crippen LogP contribution in [-0.4, -0.2) is 45.8 Å². The number of thioether (sulfide) groups is 1. The van der Waals surface area contributed by atoms with Gasteiger partial charge in [0.25, 0.3) is 5.91 Å². The third kappa shape index (κ3) is 4.82. The molecule has 2 aromatic rings. The van der Waals surface area contributed by atoms with E-state index in [9.17, 15) is 19.5 Å². The van der Waals surface area contributed by atoms with E-state index < -0.39 is 11.9 Å². The van der Waals surface area contributed by atoms with Crippen LogP contribution in [0.15, 0.2) is 53.4 Å². The van der Waals surface area contributed by atoms with E-state index in [1.54, 1.807) is 49.6 Å². The molecule has 0 aliphatic carbocycles. The summed E-state index contributed by atoms with van der Waals surface area (Å²) in [5, 5.41) is 11.7. The van der Waals surface area contributed by atoms with Gasteiger partial charge in [0.15, 0.2) is 0 Å². The summed E-state index contributed by atoms with van der Waals surface area (Å²) in [6.07, 6.45) is 1.69. The maximum atomic E-state index is 12.7. The second kappa shape index (κ2) is 8.89. The first kappa shape index (κ1) is 20.6. The third-order valence-electron chi connectivity index (χ3n) is 4.02. The highest BCUT2D eigenvalue weighted by molar-refractivity contribution is 8.26. The van der Waals surface area contributed by atoms with Gasteiger partial charge in [0, 0.05) is 0 Å². The standard InChI is InChI=1S/C20H16N2O5S2/c1-27-13-8-6-12(7-9-13)10-16-18(24)22(20(28)29-16)11-17(23)21-15-5-3-2-4-14(15)19(25)26/h2-10H,11H2,1H3,(H,21,23)(H,25,26)/b16-10-. The van der Waals surface area contributed by atoms with E-state index in [-0.39, 0.29) is 28.0 Å². The molecule has 0 spiro atoms. The molecule has 2 N–H and O–H groups in total. The van der Waals surface area contributed by atoms with E-state index in [4.69, 9.17) is 17.0 Å². The molecule has 148 valence electrons. The van der Waals surface area contributed by atoms with Crippen molar-refractivity contribution in [3.63, 3.8) is 0 Å². The van der Waals surface area contributed by atoms with E-state index in [2.05, 4.69) is 5.32 Å². The van der Waals surface area contributed by atoms with Crippen molar-refractivity contribution in [2.45, 2.75) is 0 Å². The predicted molar refractivity (Wildman–Crippen MR) is 115 cm³/mol. The lowest BCUT2D eigenvalue weighted by Gasteiger charge is -2.15. The number of hydrogen-bond acceptors (Lipinski definition) is 6. The highest BCUT2D eigenvalue weighted by Crippen LogP contribution is 2.32. The summed E-state index contributed by atoms with van der Waals surface area (Å²) in [5.41, 5.74) is 0.918. The van der Waals surface area contributed by atoms with Gasteiger partial charge in [-0.25, -0.2) is 4.79 Å². The minimum Gasteiger partial charge on any atom is -0.497 e. The van der Waals surface area contributed by atoms with Crippen molar-refractivity contribution >= 4 is 57.8 Å². The molecule has 1 heterocycles. The minimum atomic E-state index is -1.16. The number of nitrogens with one attached hydrogen (secondary N) is 1. The van der Waals surface area contributed by atoms with Crippen molar-refractivity contribution in [1.82, 2.24) is 4.90 Å². The van der Waals surface area contributed by atoms with Crippen LogP contribution in [0.5, 0.6) is 5.75 Å². The van der Waals surface area contributed by atoms with Crippen LogP contribution in [0.4, 0.5) is 5.69 Å². The van der Waals surface area contributed by atoms with Crippen LogP contribution in [0.1, 0.15) is 15.9 Å². The number of methoxy groups -OCH3 is 1. The maximum absolute atomic E-state index is 12.7. The van der Waals surface area contributed by atoms with E-state index in [1.165, 1.54) is 17.0 Å². The lowest BCUT2D eigenvalue weighted by molar-refractivity contribution is -0.126. The number of para-hydroxylation sites is 1. The van der Waals surface area contributed by atoms with E-state index in [1.807, 2.05) is 0 Å². The van der Waals surface area contributed by atoms with Crippen molar-refractivity contribution in [3.05, 3.63) is 64.6 Å². The molecule has 0 saturated carbocycles. The number of carbonyl (C=O) groups excluding carboxylic acids is 2. The van der Waals surface area contributed by atoms with Gasteiger partial charge in [-0.2, -0.15) is 0 Å². The SMILES string of the molecule is COc1ccc(/C=C2\SC(=S)N(CC(=O)Nc3ccccc3C(=O)O)C2=O)cc1.